The van der Waals surface area contributed by atoms with Crippen molar-refractivity contribution in [2.45, 2.75) is 6.43 Å². The lowest BCUT2D eigenvalue weighted by Crippen LogP contribution is -2.03. The summed E-state index contributed by atoms with van der Waals surface area (Å²) in [6.07, 6.45) is -1.23. The van der Waals surface area contributed by atoms with Crippen molar-refractivity contribution >= 4 is 50.1 Å². The molecule has 0 bridgehead atoms. The van der Waals surface area contributed by atoms with Crippen LogP contribution < -0.4 is 5.32 Å². The van der Waals surface area contributed by atoms with Crippen LogP contribution >= 0.6 is 27.5 Å². The normalized spacial score (nSPS) is 11.1. The summed E-state index contributed by atoms with van der Waals surface area (Å²) in [7, 11) is 0. The average Bonchev–Trinajstić information content (AvgIpc) is 2.51. The topological polar surface area (TPSA) is 50.7 Å². The molecule has 1 N–H and O–H groups in total. The number of fused-ring (bicyclic) bond motifs is 1. The first-order valence-electron chi connectivity index (χ1n) is 6.18. The molecule has 0 aliphatic carbocycles. The molecule has 3 aromatic rings. The quantitative estimate of drug-likeness (QED) is 0.680. The number of alkyl halides is 2. The molecule has 2 heterocycles. The second-order valence-corrected chi connectivity index (χ2v) is 5.56. The first-order valence-corrected chi connectivity index (χ1v) is 7.35. The number of hydrogen-bond donors (Lipinski definition) is 1. The summed E-state index contributed by atoms with van der Waals surface area (Å²) in [5.74, 6) is -0.380. The lowest BCUT2D eigenvalue weighted by molar-refractivity contribution is 0.141. The van der Waals surface area contributed by atoms with Gasteiger partial charge in [0.05, 0.1) is 16.2 Å². The monoisotopic (exact) mass is 384 g/mol. The van der Waals surface area contributed by atoms with Gasteiger partial charge >= 0.3 is 0 Å². The second kappa shape index (κ2) is 6.10. The van der Waals surface area contributed by atoms with Crippen LogP contribution in [0.4, 0.5) is 20.3 Å². The summed E-state index contributed by atoms with van der Waals surface area (Å²) in [6.45, 7) is 0. The summed E-state index contributed by atoms with van der Waals surface area (Å²) in [5, 5.41) is 3.36. The zero-order valence-corrected chi connectivity index (χ0v) is 13.2. The third-order valence-corrected chi connectivity index (χ3v) is 4.17. The number of anilines is 2. The maximum atomic E-state index is 13.0. The third-order valence-electron chi connectivity index (χ3n) is 2.87. The highest BCUT2D eigenvalue weighted by Gasteiger charge is 2.16. The van der Waals surface area contributed by atoms with Crippen molar-refractivity contribution in [1.82, 2.24) is 15.0 Å². The number of aromatic nitrogens is 3. The predicted molar refractivity (Wildman–Crippen MR) is 84.7 cm³/mol. The molecule has 4 nitrogen and oxygen atoms in total. The maximum absolute atomic E-state index is 13.0. The van der Waals surface area contributed by atoms with Gasteiger partial charge in [0.25, 0.3) is 6.43 Å². The van der Waals surface area contributed by atoms with E-state index in [2.05, 4.69) is 36.2 Å². The number of hydrogen-bond acceptors (Lipinski definition) is 4. The Balaban J connectivity index is 2.15. The van der Waals surface area contributed by atoms with E-state index in [9.17, 15) is 8.78 Å². The molecule has 0 radical (unpaired) electrons. The van der Waals surface area contributed by atoms with E-state index in [1.807, 2.05) is 0 Å². The molecule has 0 atom stereocenters. The van der Waals surface area contributed by atoms with Crippen LogP contribution in [-0.2, 0) is 0 Å². The molecule has 1 aromatic carbocycles. The third kappa shape index (κ3) is 2.86. The molecule has 0 spiro atoms. The highest BCUT2D eigenvalue weighted by molar-refractivity contribution is 9.10. The molecular weight excluding hydrogens is 378 g/mol. The highest BCUT2D eigenvalue weighted by Crippen LogP contribution is 2.33. The van der Waals surface area contributed by atoms with Gasteiger partial charge in [0, 0.05) is 10.7 Å². The van der Waals surface area contributed by atoms with E-state index >= 15 is 0 Å². The van der Waals surface area contributed by atoms with Gasteiger partial charge in [-0.2, -0.15) is 0 Å². The first-order chi connectivity index (χ1) is 10.6. The van der Waals surface area contributed by atoms with Crippen LogP contribution in [0.5, 0.6) is 0 Å². The Kier molecular flexibility index (Phi) is 4.17. The van der Waals surface area contributed by atoms with Crippen LogP contribution in [0.2, 0.25) is 5.02 Å². The van der Waals surface area contributed by atoms with Crippen molar-refractivity contribution < 1.29 is 8.78 Å². The smallest absolute Gasteiger partial charge is 0.297 e. The van der Waals surface area contributed by atoms with Crippen molar-refractivity contribution in [3.63, 3.8) is 0 Å². The van der Waals surface area contributed by atoms with Crippen molar-refractivity contribution in [1.29, 1.82) is 0 Å². The Labute approximate surface area is 137 Å². The molecule has 0 unspecified atom stereocenters. The van der Waals surface area contributed by atoms with Crippen LogP contribution in [0.3, 0.4) is 0 Å². The SMILES string of the molecule is FC(F)c1nc(Nc2cccc(Br)c2Cl)c2ncccc2n1. The van der Waals surface area contributed by atoms with Gasteiger partial charge in [-0.3, -0.25) is 4.98 Å². The Hall–Kier alpha value is -1.86. The molecule has 0 aliphatic heterocycles. The largest absolute Gasteiger partial charge is 0.337 e. The van der Waals surface area contributed by atoms with Crippen LogP contribution in [0.1, 0.15) is 12.2 Å². The minimum absolute atomic E-state index is 0.181. The lowest BCUT2D eigenvalue weighted by Gasteiger charge is -2.11. The zero-order valence-electron chi connectivity index (χ0n) is 10.9. The molecule has 0 fully saturated rings. The Morgan fingerprint density at radius 2 is 1.95 bits per heavy atom. The lowest BCUT2D eigenvalue weighted by atomic mass is 10.3. The van der Waals surface area contributed by atoms with Gasteiger partial charge in [-0.05, 0) is 40.2 Å². The van der Waals surface area contributed by atoms with Crippen LogP contribution in [0.15, 0.2) is 41.0 Å². The van der Waals surface area contributed by atoms with Gasteiger partial charge in [-0.15, -0.1) is 0 Å². The van der Waals surface area contributed by atoms with E-state index in [-0.39, 0.29) is 5.82 Å². The molecule has 0 amide bonds. The Bertz CT molecular complexity index is 844. The van der Waals surface area contributed by atoms with E-state index < -0.39 is 12.2 Å². The maximum Gasteiger partial charge on any atom is 0.297 e. The second-order valence-electron chi connectivity index (χ2n) is 4.33. The summed E-state index contributed by atoms with van der Waals surface area (Å²) in [6, 6.07) is 8.48. The molecule has 2 aromatic heterocycles. The van der Waals surface area contributed by atoms with Crippen LogP contribution in [-0.4, -0.2) is 15.0 Å². The van der Waals surface area contributed by atoms with Gasteiger partial charge < -0.3 is 5.32 Å². The van der Waals surface area contributed by atoms with Crippen molar-refractivity contribution in [2.75, 3.05) is 5.32 Å². The summed E-state index contributed by atoms with van der Waals surface area (Å²) < 4.78 is 26.6. The molecule has 0 aliphatic rings. The predicted octanol–water partition coefficient (Wildman–Crippen LogP) is 5.12. The number of rotatable bonds is 3. The number of benzene rings is 1. The summed E-state index contributed by atoms with van der Waals surface area (Å²) in [5.41, 5.74) is 1.26. The standard InChI is InChI=1S/C14H8BrClF2N4/c15-7-3-1-4-8(10(7)16)20-13-11-9(5-2-6-19-11)21-14(22-13)12(17)18/h1-6,12H,(H,20,21,22). The number of nitrogens with one attached hydrogen (secondary N) is 1. The highest BCUT2D eigenvalue weighted by atomic mass is 79.9. The zero-order chi connectivity index (χ0) is 15.7. The first kappa shape index (κ1) is 15.1. The van der Waals surface area contributed by atoms with E-state index in [1.165, 1.54) is 0 Å². The molecule has 8 heteroatoms. The fraction of sp³-hybridized carbons (Fsp3) is 0.0714. The van der Waals surface area contributed by atoms with Gasteiger partial charge in [-0.1, -0.05) is 17.7 Å². The van der Waals surface area contributed by atoms with Gasteiger partial charge in [0.15, 0.2) is 11.6 Å². The Morgan fingerprint density at radius 3 is 2.73 bits per heavy atom. The molecule has 22 heavy (non-hydrogen) atoms. The van der Waals surface area contributed by atoms with Gasteiger partial charge in [0.1, 0.15) is 5.52 Å². The molecule has 0 saturated carbocycles. The van der Waals surface area contributed by atoms with E-state index in [1.54, 1.807) is 36.5 Å². The van der Waals surface area contributed by atoms with Crippen LogP contribution in [0, 0.1) is 0 Å². The molecule has 0 saturated heterocycles. The van der Waals surface area contributed by atoms with Crippen molar-refractivity contribution in [2.24, 2.45) is 0 Å². The van der Waals surface area contributed by atoms with Gasteiger partial charge in [0.2, 0.25) is 0 Å². The van der Waals surface area contributed by atoms with Crippen molar-refractivity contribution in [3.05, 3.63) is 51.8 Å². The number of pyridine rings is 1. The molecule has 112 valence electrons. The summed E-state index contributed by atoms with van der Waals surface area (Å²) >= 11 is 9.48. The summed E-state index contributed by atoms with van der Waals surface area (Å²) in [4.78, 5) is 11.8. The minimum atomic E-state index is -2.77. The van der Waals surface area contributed by atoms with Gasteiger partial charge in [-0.25, -0.2) is 18.7 Å². The van der Waals surface area contributed by atoms with E-state index in [0.29, 0.717) is 26.2 Å². The molecule has 3 rings (SSSR count). The van der Waals surface area contributed by atoms with E-state index in [0.717, 1.165) is 0 Å². The fourth-order valence-electron chi connectivity index (χ4n) is 1.90. The number of halogens is 4. The Morgan fingerprint density at radius 1 is 1.14 bits per heavy atom. The minimum Gasteiger partial charge on any atom is -0.337 e. The average molecular weight is 386 g/mol. The van der Waals surface area contributed by atoms with Crippen LogP contribution in [0.25, 0.3) is 11.0 Å². The van der Waals surface area contributed by atoms with Crippen molar-refractivity contribution in [3.8, 4) is 0 Å². The van der Waals surface area contributed by atoms with E-state index in [4.69, 9.17) is 11.6 Å². The fourth-order valence-corrected chi connectivity index (χ4v) is 2.44. The molecular formula is C14H8BrClF2N4. The number of nitrogens with zero attached hydrogens (tertiary/aromatic N) is 3.